The summed E-state index contributed by atoms with van der Waals surface area (Å²) in [4.78, 5) is 7.75. The van der Waals surface area contributed by atoms with E-state index in [9.17, 15) is 0 Å². The van der Waals surface area contributed by atoms with E-state index in [1.54, 1.807) is 7.11 Å². The smallest absolute Gasteiger partial charge is 0.137 e. The summed E-state index contributed by atoms with van der Waals surface area (Å²) in [7, 11) is 3.51. The fraction of sp³-hybridized carbons (Fsp3) is 0.308. The monoisotopic (exact) mass is 265 g/mol. The lowest BCUT2D eigenvalue weighted by atomic mass is 10.1. The van der Waals surface area contributed by atoms with Gasteiger partial charge in [0.05, 0.1) is 23.5 Å². The predicted octanol–water partition coefficient (Wildman–Crippen LogP) is 2.77. The van der Waals surface area contributed by atoms with E-state index in [1.165, 1.54) is 0 Å². The molecule has 2 aromatic rings. The Labute approximate surface area is 111 Å². The number of hydrogen-bond donors (Lipinski definition) is 2. The SMILES string of the molecule is CNCc1[nH]c(C)nc1-c1ccc(OC)c(Cl)c1. The van der Waals surface area contributed by atoms with Gasteiger partial charge in [0.2, 0.25) is 0 Å². The number of H-pyrrole nitrogens is 1. The van der Waals surface area contributed by atoms with Crippen molar-refractivity contribution in [3.63, 3.8) is 0 Å². The van der Waals surface area contributed by atoms with Gasteiger partial charge in [-0.1, -0.05) is 11.6 Å². The van der Waals surface area contributed by atoms with Gasteiger partial charge in [0.1, 0.15) is 11.6 Å². The second-order valence-corrected chi connectivity index (χ2v) is 4.44. The van der Waals surface area contributed by atoms with Crippen molar-refractivity contribution in [3.05, 3.63) is 34.7 Å². The highest BCUT2D eigenvalue weighted by Crippen LogP contribution is 2.30. The molecule has 5 heteroatoms. The van der Waals surface area contributed by atoms with E-state index < -0.39 is 0 Å². The Morgan fingerprint density at radius 3 is 2.83 bits per heavy atom. The lowest BCUT2D eigenvalue weighted by Gasteiger charge is -2.06. The summed E-state index contributed by atoms with van der Waals surface area (Å²) in [6, 6.07) is 5.68. The van der Waals surface area contributed by atoms with Crippen molar-refractivity contribution in [2.24, 2.45) is 0 Å². The summed E-state index contributed by atoms with van der Waals surface area (Å²) >= 11 is 6.14. The zero-order valence-electron chi connectivity index (χ0n) is 10.7. The molecule has 0 bridgehead atoms. The number of nitrogens with one attached hydrogen (secondary N) is 2. The summed E-state index contributed by atoms with van der Waals surface area (Å²) in [5.41, 5.74) is 2.96. The standard InChI is InChI=1S/C13H16ClN3O/c1-8-16-11(7-15-2)13(17-8)9-4-5-12(18-3)10(14)6-9/h4-6,15H,7H2,1-3H3,(H,16,17). The minimum absolute atomic E-state index is 0.589. The van der Waals surface area contributed by atoms with E-state index in [4.69, 9.17) is 16.3 Å². The first-order valence-electron chi connectivity index (χ1n) is 5.69. The third-order valence-electron chi connectivity index (χ3n) is 2.68. The number of aryl methyl sites for hydroxylation is 1. The number of benzene rings is 1. The number of aromatic nitrogens is 2. The molecule has 96 valence electrons. The highest BCUT2D eigenvalue weighted by atomic mass is 35.5. The fourth-order valence-corrected chi connectivity index (χ4v) is 2.16. The molecule has 2 N–H and O–H groups in total. The lowest BCUT2D eigenvalue weighted by molar-refractivity contribution is 0.415. The van der Waals surface area contributed by atoms with Crippen molar-refractivity contribution >= 4 is 11.6 Å². The van der Waals surface area contributed by atoms with E-state index in [-0.39, 0.29) is 0 Å². The quantitative estimate of drug-likeness (QED) is 0.894. The second kappa shape index (κ2) is 5.42. The molecule has 0 unspecified atom stereocenters. The molecule has 0 spiro atoms. The highest BCUT2D eigenvalue weighted by Gasteiger charge is 2.11. The number of nitrogens with zero attached hydrogens (tertiary/aromatic N) is 1. The maximum absolute atomic E-state index is 6.14. The van der Waals surface area contributed by atoms with Crippen LogP contribution in [0.15, 0.2) is 18.2 Å². The van der Waals surface area contributed by atoms with E-state index in [1.807, 2.05) is 32.2 Å². The van der Waals surface area contributed by atoms with Gasteiger partial charge in [-0.3, -0.25) is 0 Å². The normalized spacial score (nSPS) is 10.7. The molecule has 1 heterocycles. The molecular weight excluding hydrogens is 250 g/mol. The third-order valence-corrected chi connectivity index (χ3v) is 2.97. The molecular formula is C13H16ClN3O. The third kappa shape index (κ3) is 2.49. The van der Waals surface area contributed by atoms with Crippen molar-refractivity contribution in [1.29, 1.82) is 0 Å². The average molecular weight is 266 g/mol. The van der Waals surface area contributed by atoms with Crippen LogP contribution in [0.3, 0.4) is 0 Å². The van der Waals surface area contributed by atoms with Crippen molar-refractivity contribution < 1.29 is 4.74 Å². The molecule has 0 fully saturated rings. The van der Waals surface area contributed by atoms with Crippen LogP contribution >= 0.6 is 11.6 Å². The van der Waals surface area contributed by atoms with Gasteiger partial charge in [0.15, 0.2) is 0 Å². The number of hydrogen-bond acceptors (Lipinski definition) is 3. The zero-order valence-corrected chi connectivity index (χ0v) is 11.4. The van der Waals surface area contributed by atoms with E-state index >= 15 is 0 Å². The molecule has 0 radical (unpaired) electrons. The van der Waals surface area contributed by atoms with Crippen LogP contribution in [0.5, 0.6) is 5.75 Å². The molecule has 0 aliphatic rings. The molecule has 0 saturated carbocycles. The van der Waals surface area contributed by atoms with E-state index in [2.05, 4.69) is 15.3 Å². The van der Waals surface area contributed by atoms with Gasteiger partial charge in [-0.2, -0.15) is 0 Å². The lowest BCUT2D eigenvalue weighted by Crippen LogP contribution is -2.06. The molecule has 18 heavy (non-hydrogen) atoms. The van der Waals surface area contributed by atoms with Crippen molar-refractivity contribution in [1.82, 2.24) is 15.3 Å². The molecule has 0 atom stereocenters. The van der Waals surface area contributed by atoms with Crippen LogP contribution in [0.1, 0.15) is 11.5 Å². The van der Waals surface area contributed by atoms with Gasteiger partial charge in [0, 0.05) is 12.1 Å². The molecule has 2 rings (SSSR count). The number of methoxy groups -OCH3 is 1. The van der Waals surface area contributed by atoms with Crippen LogP contribution in [0.2, 0.25) is 5.02 Å². The second-order valence-electron chi connectivity index (χ2n) is 4.03. The first-order chi connectivity index (χ1) is 8.65. The number of rotatable bonds is 4. The van der Waals surface area contributed by atoms with Crippen molar-refractivity contribution in [3.8, 4) is 17.0 Å². The van der Waals surface area contributed by atoms with Crippen LogP contribution in [-0.4, -0.2) is 24.1 Å². The topological polar surface area (TPSA) is 49.9 Å². The average Bonchev–Trinajstić information content (AvgIpc) is 2.71. The summed E-state index contributed by atoms with van der Waals surface area (Å²) < 4.78 is 5.15. The Hall–Kier alpha value is -1.52. The summed E-state index contributed by atoms with van der Waals surface area (Å²) in [5, 5.41) is 3.70. The van der Waals surface area contributed by atoms with E-state index in [0.717, 1.165) is 29.3 Å². The Kier molecular flexibility index (Phi) is 3.89. The van der Waals surface area contributed by atoms with Gasteiger partial charge in [-0.15, -0.1) is 0 Å². The zero-order chi connectivity index (χ0) is 13.1. The van der Waals surface area contributed by atoms with Gasteiger partial charge < -0.3 is 15.0 Å². The predicted molar refractivity (Wildman–Crippen MR) is 73.1 cm³/mol. The Bertz CT molecular complexity index is 551. The van der Waals surface area contributed by atoms with Gasteiger partial charge in [0.25, 0.3) is 0 Å². The molecule has 4 nitrogen and oxygen atoms in total. The Balaban J connectivity index is 2.44. The van der Waals surface area contributed by atoms with Crippen LogP contribution in [0, 0.1) is 6.92 Å². The maximum Gasteiger partial charge on any atom is 0.137 e. The van der Waals surface area contributed by atoms with E-state index in [0.29, 0.717) is 10.8 Å². The molecule has 1 aromatic carbocycles. The molecule has 0 saturated heterocycles. The summed E-state index contributed by atoms with van der Waals surface area (Å²) in [5.74, 6) is 1.56. The van der Waals surface area contributed by atoms with Crippen molar-refractivity contribution in [2.75, 3.05) is 14.2 Å². The van der Waals surface area contributed by atoms with Gasteiger partial charge in [-0.25, -0.2) is 4.98 Å². The number of imidazole rings is 1. The van der Waals surface area contributed by atoms with Crippen LogP contribution in [0.4, 0.5) is 0 Å². The largest absolute Gasteiger partial charge is 0.495 e. The Morgan fingerprint density at radius 2 is 2.22 bits per heavy atom. The minimum atomic E-state index is 0.589. The summed E-state index contributed by atoms with van der Waals surface area (Å²) in [6.07, 6.45) is 0. The van der Waals surface area contributed by atoms with Crippen LogP contribution < -0.4 is 10.1 Å². The van der Waals surface area contributed by atoms with Crippen LogP contribution in [0.25, 0.3) is 11.3 Å². The molecule has 0 amide bonds. The minimum Gasteiger partial charge on any atom is -0.495 e. The summed E-state index contributed by atoms with van der Waals surface area (Å²) in [6.45, 7) is 2.67. The highest BCUT2D eigenvalue weighted by molar-refractivity contribution is 6.32. The molecule has 1 aromatic heterocycles. The maximum atomic E-state index is 6.14. The first-order valence-corrected chi connectivity index (χ1v) is 6.07. The van der Waals surface area contributed by atoms with Gasteiger partial charge >= 0.3 is 0 Å². The first kappa shape index (κ1) is 12.9. The molecule has 0 aliphatic carbocycles. The Morgan fingerprint density at radius 1 is 1.44 bits per heavy atom. The van der Waals surface area contributed by atoms with Gasteiger partial charge in [-0.05, 0) is 32.2 Å². The number of halogens is 1. The van der Waals surface area contributed by atoms with Crippen molar-refractivity contribution in [2.45, 2.75) is 13.5 Å². The fourth-order valence-electron chi connectivity index (χ4n) is 1.90. The number of ether oxygens (including phenoxy) is 1. The van der Waals surface area contributed by atoms with Crippen LogP contribution in [-0.2, 0) is 6.54 Å². The molecule has 0 aliphatic heterocycles. The number of aromatic amines is 1.